The number of nitrogens with zero attached hydrogens (tertiary/aromatic N) is 1. The number of nitrogens with two attached hydrogens (primary N) is 3. The van der Waals surface area contributed by atoms with Crippen LogP contribution in [0.2, 0.25) is 0 Å². The van der Waals surface area contributed by atoms with Gasteiger partial charge in [0.15, 0.2) is 5.96 Å². The molecule has 45 heavy (non-hydrogen) atoms. The van der Waals surface area contributed by atoms with Crippen molar-refractivity contribution in [1.82, 2.24) is 20.9 Å². The summed E-state index contributed by atoms with van der Waals surface area (Å²) in [6, 6.07) is 17.7. The van der Waals surface area contributed by atoms with E-state index in [4.69, 9.17) is 28.0 Å². The molecule has 3 rings (SSSR count). The minimum absolute atomic E-state index is 0.0384. The molecule has 4 amide bonds. The Hall–Kier alpha value is -5.46. The van der Waals surface area contributed by atoms with Gasteiger partial charge in [0.05, 0.1) is 0 Å². The van der Waals surface area contributed by atoms with E-state index in [1.54, 1.807) is 38.4 Å². The van der Waals surface area contributed by atoms with Crippen molar-refractivity contribution in [2.75, 3.05) is 20.6 Å². The van der Waals surface area contributed by atoms with Crippen LogP contribution in [0.5, 0.6) is 0 Å². The molecule has 0 aliphatic rings. The summed E-state index contributed by atoms with van der Waals surface area (Å²) < 4.78 is 0. The zero-order chi connectivity index (χ0) is 33.1. The lowest BCUT2D eigenvalue weighted by molar-refractivity contribution is -0.142. The first-order chi connectivity index (χ1) is 21.4. The molecule has 0 saturated carbocycles. The predicted octanol–water partition coefficient (Wildman–Crippen LogP) is 0.332. The first kappa shape index (κ1) is 34.0. The van der Waals surface area contributed by atoms with Gasteiger partial charge in [-0.1, -0.05) is 66.7 Å². The van der Waals surface area contributed by atoms with Crippen molar-refractivity contribution in [3.05, 3.63) is 83.4 Å². The van der Waals surface area contributed by atoms with E-state index in [1.165, 1.54) is 4.90 Å². The minimum Gasteiger partial charge on any atom is -0.384 e. The lowest BCUT2D eigenvalue weighted by Crippen LogP contribution is -2.55. The van der Waals surface area contributed by atoms with Crippen molar-refractivity contribution < 1.29 is 19.2 Å². The van der Waals surface area contributed by atoms with E-state index in [0.717, 1.165) is 16.3 Å². The third-order valence-corrected chi connectivity index (χ3v) is 7.34. The predicted molar refractivity (Wildman–Crippen MR) is 173 cm³/mol. The smallest absolute Gasteiger partial charge is 0.243 e. The highest BCUT2D eigenvalue weighted by atomic mass is 16.2. The molecule has 0 heterocycles. The monoisotopic (exact) mass is 615 g/mol. The van der Waals surface area contributed by atoms with Crippen molar-refractivity contribution in [1.29, 1.82) is 10.8 Å². The number of guanidine groups is 1. The molecule has 238 valence electrons. The van der Waals surface area contributed by atoms with Gasteiger partial charge >= 0.3 is 0 Å². The number of carbonyl (C=O) groups is 4. The molecule has 0 aromatic heterocycles. The van der Waals surface area contributed by atoms with Gasteiger partial charge in [-0.25, -0.2) is 0 Å². The van der Waals surface area contributed by atoms with Crippen LogP contribution < -0.4 is 33.2 Å². The van der Waals surface area contributed by atoms with Crippen molar-refractivity contribution in [3.63, 3.8) is 0 Å². The number of nitrogen functional groups attached to an aromatic ring is 1. The van der Waals surface area contributed by atoms with Gasteiger partial charge in [0.1, 0.15) is 23.8 Å². The summed E-state index contributed by atoms with van der Waals surface area (Å²) in [7, 11) is 3.08. The van der Waals surface area contributed by atoms with E-state index in [9.17, 15) is 19.2 Å². The Morgan fingerprint density at radius 1 is 0.800 bits per heavy atom. The van der Waals surface area contributed by atoms with Crippen molar-refractivity contribution >= 4 is 46.2 Å². The average Bonchev–Trinajstić information content (AvgIpc) is 3.00. The summed E-state index contributed by atoms with van der Waals surface area (Å²) in [5.74, 6) is -4.00. The number of primary amides is 1. The maximum absolute atomic E-state index is 13.8. The summed E-state index contributed by atoms with van der Waals surface area (Å²) in [5, 5.41) is 24.8. The maximum Gasteiger partial charge on any atom is 0.243 e. The highest BCUT2D eigenvalue weighted by Crippen LogP contribution is 2.21. The number of hydrogen-bond acceptors (Lipinski definition) is 6. The first-order valence-electron chi connectivity index (χ1n) is 14.5. The van der Waals surface area contributed by atoms with Gasteiger partial charge in [-0.3, -0.25) is 30.0 Å². The van der Waals surface area contributed by atoms with Gasteiger partial charge in [-0.15, -0.1) is 0 Å². The van der Waals surface area contributed by atoms with E-state index in [-0.39, 0.29) is 31.1 Å². The summed E-state index contributed by atoms with van der Waals surface area (Å²) in [4.78, 5) is 54.3. The van der Waals surface area contributed by atoms with Crippen LogP contribution >= 0.6 is 0 Å². The van der Waals surface area contributed by atoms with E-state index in [2.05, 4.69) is 16.0 Å². The molecule has 0 spiro atoms. The van der Waals surface area contributed by atoms with Crippen LogP contribution in [0.4, 0.5) is 0 Å². The molecule has 13 nitrogen and oxygen atoms in total. The average molecular weight is 616 g/mol. The fourth-order valence-corrected chi connectivity index (χ4v) is 4.92. The highest BCUT2D eigenvalue weighted by Gasteiger charge is 2.33. The number of amidine groups is 1. The second-order valence-corrected chi connectivity index (χ2v) is 10.9. The summed E-state index contributed by atoms with van der Waals surface area (Å²) in [5.41, 5.74) is 18.4. The Balaban J connectivity index is 1.91. The number of fused-ring (bicyclic) bond motifs is 1. The van der Waals surface area contributed by atoms with Gasteiger partial charge in [0.25, 0.3) is 0 Å². The fraction of sp³-hybridized carbons (Fsp3) is 0.312. The minimum atomic E-state index is -1.17. The number of rotatable bonds is 15. The Bertz CT molecular complexity index is 1550. The summed E-state index contributed by atoms with van der Waals surface area (Å²) in [6.45, 7) is 0.298. The van der Waals surface area contributed by atoms with E-state index < -0.39 is 41.6 Å². The molecule has 3 aromatic carbocycles. The second-order valence-electron chi connectivity index (χ2n) is 10.9. The Morgan fingerprint density at radius 3 is 2.07 bits per heavy atom. The number of hydrogen-bond donors (Lipinski definition) is 8. The topological polar surface area (TPSA) is 233 Å². The molecule has 3 atom stereocenters. The second kappa shape index (κ2) is 15.8. The zero-order valence-corrected chi connectivity index (χ0v) is 25.4. The quantitative estimate of drug-likeness (QED) is 0.0516. The lowest BCUT2D eigenvalue weighted by Gasteiger charge is -2.26. The van der Waals surface area contributed by atoms with Gasteiger partial charge in [-0.2, -0.15) is 0 Å². The zero-order valence-electron chi connectivity index (χ0n) is 25.4. The highest BCUT2D eigenvalue weighted by molar-refractivity contribution is 6.02. The molecule has 0 fully saturated rings. The molecular formula is C32H41N9O4. The van der Waals surface area contributed by atoms with Gasteiger partial charge in [-0.05, 0) is 41.2 Å². The number of amides is 4. The molecule has 13 heteroatoms. The summed E-state index contributed by atoms with van der Waals surface area (Å²) in [6.07, 6.45) is 0.674. The lowest BCUT2D eigenvalue weighted by atomic mass is 9.94. The van der Waals surface area contributed by atoms with E-state index >= 15 is 0 Å². The first-order valence-corrected chi connectivity index (χ1v) is 14.5. The molecule has 3 aromatic rings. The maximum atomic E-state index is 13.8. The van der Waals surface area contributed by atoms with Crippen molar-refractivity contribution in [3.8, 4) is 0 Å². The molecule has 0 aliphatic heterocycles. The molecular weight excluding hydrogens is 574 g/mol. The molecule has 1 unspecified atom stereocenters. The fourth-order valence-electron chi connectivity index (χ4n) is 4.92. The van der Waals surface area contributed by atoms with Gasteiger partial charge < -0.3 is 38.1 Å². The number of carbonyl (C=O) groups excluding carboxylic acids is 4. The SMILES string of the molecule is CN(C)C(=O)C(Cc1ccc(C(=N)N)cc1)C(=O)N[C@@H](Cc1cccc2ccccc12)C(=O)N[C@@H](CCCNC(=N)N)C(N)=O. The molecule has 0 saturated heterocycles. The number of benzene rings is 3. The van der Waals surface area contributed by atoms with Crippen LogP contribution in [0.25, 0.3) is 10.8 Å². The molecule has 0 aliphatic carbocycles. The van der Waals surface area contributed by atoms with Crippen LogP contribution in [0.1, 0.15) is 29.5 Å². The Morgan fingerprint density at radius 2 is 1.44 bits per heavy atom. The van der Waals surface area contributed by atoms with Crippen LogP contribution in [0, 0.1) is 16.7 Å². The van der Waals surface area contributed by atoms with E-state index in [1.807, 2.05) is 42.5 Å². The molecule has 11 N–H and O–H groups in total. The van der Waals surface area contributed by atoms with Gasteiger partial charge in [0.2, 0.25) is 23.6 Å². The molecule has 0 bridgehead atoms. The standard InChI is InChI=1S/C32H41N9O4/c1-41(2)31(45)24(17-19-12-14-21(15-13-19)27(33)34)29(43)40-26(18-22-9-5-8-20-7-3-4-10-23(20)22)30(44)39-25(28(35)42)11-6-16-38-32(36)37/h3-5,7-10,12-15,24-26H,6,11,16-18H2,1-2H3,(H3,33,34)(H2,35,42)(H,39,44)(H,40,43)(H4,36,37,38)/t24?,25-,26-/m0/s1. The normalized spacial score (nSPS) is 12.8. The van der Waals surface area contributed by atoms with Gasteiger partial charge in [0, 0.05) is 32.6 Å². The van der Waals surface area contributed by atoms with Crippen LogP contribution in [0.15, 0.2) is 66.7 Å². The third-order valence-electron chi connectivity index (χ3n) is 7.34. The van der Waals surface area contributed by atoms with Crippen LogP contribution in [-0.4, -0.2) is 73.0 Å². The van der Waals surface area contributed by atoms with Crippen molar-refractivity contribution in [2.45, 2.75) is 37.8 Å². The van der Waals surface area contributed by atoms with E-state index in [0.29, 0.717) is 24.1 Å². The summed E-state index contributed by atoms with van der Waals surface area (Å²) >= 11 is 0. The Labute approximate surface area is 261 Å². The van der Waals surface area contributed by atoms with Crippen molar-refractivity contribution in [2.24, 2.45) is 23.1 Å². The number of nitrogens with one attached hydrogen (secondary N) is 5. The largest absolute Gasteiger partial charge is 0.384 e. The Kier molecular flexibility index (Phi) is 12.0. The third kappa shape index (κ3) is 9.78. The van der Waals surface area contributed by atoms with Crippen LogP contribution in [0.3, 0.4) is 0 Å². The molecule has 0 radical (unpaired) electrons. The van der Waals surface area contributed by atoms with Crippen LogP contribution in [-0.2, 0) is 32.0 Å².